The molecule has 18 atom stereocenters. The van der Waals surface area contributed by atoms with E-state index in [9.17, 15) is 20.1 Å². The molecule has 0 saturated heterocycles. The van der Waals surface area contributed by atoms with Gasteiger partial charge < -0.3 is 31.0 Å². The number of ether oxygens (including phenoxy) is 1. The molecule has 0 aromatic heterocycles. The molecule has 6 saturated carbocycles. The molecule has 9 rings (SSSR count). The SMILES string of the molecule is CC[C@]1(O)CC[C@@]2(C)C(=CC[C@H]3[C@@H]4CC[C@H]([C@H](C)[C@@H](CCC(C)C)OC(=O)c5ccccc5)[C@@]4(C)CC[C@@H]32)C1.CC[C@]1(O)CC[C@@]2(C)C(=CC[C@H]3[C@@H]4CC[C@H]([C@H](C)[C@H](O)CCC(C)C)[C@@]4(C)CC[C@@H]32)C1.O.[Na+].[OH-]. The molecule has 8 aliphatic carbocycles. The normalized spacial score (nSPS) is 40.8. The number of rotatable bonds is 14. The van der Waals surface area contributed by atoms with Crippen molar-refractivity contribution in [2.45, 2.75) is 248 Å². The average molecular weight is 1020 g/mol. The van der Waals surface area contributed by atoms with Crippen molar-refractivity contribution in [3.8, 4) is 0 Å². The molecular formula is C65H107NaO7. The summed E-state index contributed by atoms with van der Waals surface area (Å²) in [5.41, 5.74) is 4.16. The van der Waals surface area contributed by atoms with Crippen LogP contribution >= 0.6 is 0 Å². The quantitative estimate of drug-likeness (QED) is 0.0960. The van der Waals surface area contributed by atoms with Crippen LogP contribution in [0.25, 0.3) is 0 Å². The van der Waals surface area contributed by atoms with E-state index in [1.165, 1.54) is 70.6 Å². The number of esters is 1. The summed E-state index contributed by atoms with van der Waals surface area (Å²) in [5, 5.41) is 33.1. The van der Waals surface area contributed by atoms with E-state index in [4.69, 9.17) is 4.74 Å². The van der Waals surface area contributed by atoms with E-state index in [1.807, 2.05) is 30.3 Å². The topological polar surface area (TPSA) is 148 Å². The first kappa shape index (κ1) is 62.8. The second kappa shape index (κ2) is 24.5. The number of carbonyl (C=O) groups is 1. The van der Waals surface area contributed by atoms with Crippen molar-refractivity contribution < 1.29 is 65.4 Å². The van der Waals surface area contributed by atoms with Crippen LogP contribution in [-0.2, 0) is 4.74 Å². The molecular weight excluding hydrogens is 916 g/mol. The molecule has 0 amide bonds. The van der Waals surface area contributed by atoms with Gasteiger partial charge >= 0.3 is 35.5 Å². The maximum absolute atomic E-state index is 13.2. The fraction of sp³-hybridized carbons (Fsp3) is 0.831. The molecule has 0 spiro atoms. The minimum absolute atomic E-state index is 0. The monoisotopic (exact) mass is 1020 g/mol. The maximum atomic E-state index is 13.2. The van der Waals surface area contributed by atoms with E-state index in [2.05, 4.69) is 95.2 Å². The molecule has 7 nitrogen and oxygen atoms in total. The summed E-state index contributed by atoms with van der Waals surface area (Å²) in [7, 11) is 0. The van der Waals surface area contributed by atoms with E-state index < -0.39 is 11.2 Å². The van der Waals surface area contributed by atoms with Gasteiger partial charge in [-0.15, -0.1) is 0 Å². The number of aliphatic hydroxyl groups is 3. The molecule has 1 aromatic carbocycles. The van der Waals surface area contributed by atoms with Crippen molar-refractivity contribution in [2.24, 2.45) is 92.7 Å². The molecule has 8 aliphatic rings. The predicted molar refractivity (Wildman–Crippen MR) is 295 cm³/mol. The fourth-order valence-electron chi connectivity index (χ4n) is 18.8. The molecule has 0 aliphatic heterocycles. The smallest absolute Gasteiger partial charge is 0.870 e. The summed E-state index contributed by atoms with van der Waals surface area (Å²) in [6, 6.07) is 9.54. The Labute approximate surface area is 468 Å². The van der Waals surface area contributed by atoms with Gasteiger partial charge in [-0.1, -0.05) is 125 Å². The molecule has 0 bridgehead atoms. The van der Waals surface area contributed by atoms with Crippen LogP contribution in [0.15, 0.2) is 53.6 Å². The molecule has 0 heterocycles. The zero-order chi connectivity index (χ0) is 50.6. The zero-order valence-corrected chi connectivity index (χ0v) is 50.8. The van der Waals surface area contributed by atoms with E-state index >= 15 is 0 Å². The van der Waals surface area contributed by atoms with Crippen LogP contribution in [-0.4, -0.2) is 55.7 Å². The average Bonchev–Trinajstić information content (AvgIpc) is 3.89. The number of hydrogen-bond donors (Lipinski definition) is 3. The van der Waals surface area contributed by atoms with Gasteiger partial charge in [-0.05, 0) is 246 Å². The standard InChI is InChI=1S/C36H54O3.C29H50O2.Na.2H2O/c1-7-36(38)22-21-34(5)27(23-36)14-15-28-30-17-16-29(35(30,6)20-19-31(28)34)25(4)32(18-13-24(2)3)39-33(37)26-11-9-8-10-12-26;1-7-29(31)17-16-27(5)21(18-29)9-10-22-24-12-11-23(28(24,6)15-14-25(22)27)20(4)26(30)13-8-19(2)3;;;/h8-12,14,24-25,28-32,38H,7,13,15-23H2,1-6H3;9,19-20,22-26,30-31H,7-8,10-18H2,1-6H3;;2*1H2/q;;+1;;/p-1/t25-,28-,29+,30-,31-,32+,34-,35+,36-;20-,22-,23+,24-,25-,26+,27-,28+,29-;;;/m00.../s1. The van der Waals surface area contributed by atoms with Gasteiger partial charge in [0.1, 0.15) is 6.10 Å². The second-order valence-corrected chi connectivity index (χ2v) is 28.0. The van der Waals surface area contributed by atoms with Crippen molar-refractivity contribution in [2.75, 3.05) is 0 Å². The Morgan fingerprint density at radius 1 is 0.603 bits per heavy atom. The molecule has 1 aromatic rings. The van der Waals surface area contributed by atoms with Gasteiger partial charge in [-0.2, -0.15) is 0 Å². The predicted octanol–water partition coefficient (Wildman–Crippen LogP) is 12.1. The second-order valence-electron chi connectivity index (χ2n) is 28.0. The van der Waals surface area contributed by atoms with Crippen LogP contribution in [0.3, 0.4) is 0 Å². The Bertz CT molecular complexity index is 2020. The summed E-state index contributed by atoms with van der Waals surface area (Å²) < 4.78 is 6.34. The maximum Gasteiger partial charge on any atom is 1.00 e. The number of benzene rings is 1. The van der Waals surface area contributed by atoms with Gasteiger partial charge in [0.05, 0.1) is 22.9 Å². The van der Waals surface area contributed by atoms with Crippen LogP contribution in [0.5, 0.6) is 0 Å². The zero-order valence-electron chi connectivity index (χ0n) is 48.8. The van der Waals surface area contributed by atoms with Crippen molar-refractivity contribution in [3.05, 3.63) is 59.2 Å². The van der Waals surface area contributed by atoms with Crippen LogP contribution < -0.4 is 29.6 Å². The van der Waals surface area contributed by atoms with Crippen LogP contribution in [0.2, 0.25) is 0 Å². The van der Waals surface area contributed by atoms with E-state index in [1.54, 1.807) is 11.1 Å². The van der Waals surface area contributed by atoms with Crippen LogP contribution in [0, 0.1) is 92.7 Å². The summed E-state index contributed by atoms with van der Waals surface area (Å²) in [6.07, 6.45) is 29.8. The molecule has 6 N–H and O–H groups in total. The summed E-state index contributed by atoms with van der Waals surface area (Å²) in [6.45, 7) is 28.4. The van der Waals surface area contributed by atoms with Gasteiger partial charge in [0.25, 0.3) is 0 Å². The molecule has 0 radical (unpaired) electrons. The van der Waals surface area contributed by atoms with Gasteiger partial charge in [-0.3, -0.25) is 0 Å². The van der Waals surface area contributed by atoms with Gasteiger partial charge in [0.15, 0.2) is 0 Å². The third-order valence-corrected chi connectivity index (χ3v) is 23.8. The Balaban J connectivity index is 0.000000266. The number of allylic oxidation sites excluding steroid dienone is 2. The molecule has 410 valence electrons. The number of carbonyl (C=O) groups excluding carboxylic acids is 1. The molecule has 73 heavy (non-hydrogen) atoms. The first-order valence-electron chi connectivity index (χ1n) is 29.8. The Morgan fingerprint density at radius 3 is 1.48 bits per heavy atom. The van der Waals surface area contributed by atoms with E-state index in [0.717, 1.165) is 106 Å². The first-order valence-corrected chi connectivity index (χ1v) is 29.8. The Morgan fingerprint density at radius 2 is 1.04 bits per heavy atom. The van der Waals surface area contributed by atoms with Crippen molar-refractivity contribution in [1.82, 2.24) is 0 Å². The van der Waals surface area contributed by atoms with Crippen LogP contribution in [0.1, 0.15) is 235 Å². The third-order valence-electron chi connectivity index (χ3n) is 23.8. The minimum Gasteiger partial charge on any atom is -0.870 e. The Kier molecular flexibility index (Phi) is 21.1. The van der Waals surface area contributed by atoms with Crippen molar-refractivity contribution in [1.29, 1.82) is 0 Å². The number of hydrogen-bond acceptors (Lipinski definition) is 6. The summed E-state index contributed by atoms with van der Waals surface area (Å²) in [5.74, 6) is 7.85. The first-order chi connectivity index (χ1) is 33.0. The van der Waals surface area contributed by atoms with Crippen LogP contribution in [0.4, 0.5) is 0 Å². The largest absolute Gasteiger partial charge is 1.00 e. The van der Waals surface area contributed by atoms with E-state index in [-0.39, 0.29) is 64.1 Å². The van der Waals surface area contributed by atoms with Crippen molar-refractivity contribution >= 4 is 5.97 Å². The molecule has 8 heteroatoms. The van der Waals surface area contributed by atoms with Gasteiger partial charge in [-0.25, -0.2) is 4.79 Å². The third kappa shape index (κ3) is 12.1. The number of aliphatic hydroxyl groups excluding tert-OH is 1. The van der Waals surface area contributed by atoms with Crippen molar-refractivity contribution in [3.63, 3.8) is 0 Å². The Hall–Kier alpha value is -1.03. The number of fused-ring (bicyclic) bond motifs is 10. The summed E-state index contributed by atoms with van der Waals surface area (Å²) >= 11 is 0. The van der Waals surface area contributed by atoms with Gasteiger partial charge in [0, 0.05) is 0 Å². The minimum atomic E-state index is -0.489. The molecule has 6 fully saturated rings. The fourth-order valence-corrected chi connectivity index (χ4v) is 18.8. The molecule has 0 unspecified atom stereocenters. The van der Waals surface area contributed by atoms with E-state index in [0.29, 0.717) is 57.3 Å². The van der Waals surface area contributed by atoms with Gasteiger partial charge in [0.2, 0.25) is 0 Å². The summed E-state index contributed by atoms with van der Waals surface area (Å²) in [4.78, 5) is 13.2.